The molecule has 96 valence electrons. The summed E-state index contributed by atoms with van der Waals surface area (Å²) in [7, 11) is 0. The van der Waals surface area contributed by atoms with Crippen molar-refractivity contribution >= 4 is 23.8 Å². The predicted octanol–water partition coefficient (Wildman–Crippen LogP) is 0.818. The minimum Gasteiger partial charge on any atom is -0.273 e. The van der Waals surface area contributed by atoms with Crippen LogP contribution in [-0.4, -0.2) is 36.3 Å². The van der Waals surface area contributed by atoms with Crippen molar-refractivity contribution in [3.8, 4) is 5.69 Å². The molecule has 0 spiro atoms. The van der Waals surface area contributed by atoms with E-state index in [0.717, 1.165) is 21.9 Å². The van der Waals surface area contributed by atoms with Gasteiger partial charge in [-0.05, 0) is 22.6 Å². The molecule has 3 rings (SSSR count). The van der Waals surface area contributed by atoms with Crippen molar-refractivity contribution in [2.45, 2.75) is 18.0 Å². The summed E-state index contributed by atoms with van der Waals surface area (Å²) < 4.78 is 2.61. The topological polar surface area (TPSA) is 81.0 Å². The van der Waals surface area contributed by atoms with Crippen LogP contribution in [0.4, 0.5) is 0 Å². The van der Waals surface area contributed by atoms with Gasteiger partial charge in [0.1, 0.15) is 0 Å². The Balaban J connectivity index is 1.89. The Hall–Kier alpha value is -2.22. The number of tetrazole rings is 1. The van der Waals surface area contributed by atoms with Crippen molar-refractivity contribution in [2.75, 3.05) is 0 Å². The van der Waals surface area contributed by atoms with Crippen molar-refractivity contribution < 1.29 is 9.59 Å². The molecule has 1 aliphatic heterocycles. The molecule has 0 aliphatic carbocycles. The molecule has 0 saturated carbocycles. The van der Waals surface area contributed by atoms with Crippen LogP contribution < -0.4 is 0 Å². The molecule has 0 radical (unpaired) electrons. The standard InChI is InChI=1S/C11H9N5O2S/c17-9-6-7-10(18)16(9)19-11-12-13-14-15(11)8-4-2-1-3-5-8/h1-5H,6-7H2. The lowest BCUT2D eigenvalue weighted by Gasteiger charge is -2.11. The summed E-state index contributed by atoms with van der Waals surface area (Å²) in [6.07, 6.45) is 0.497. The van der Waals surface area contributed by atoms with E-state index in [0.29, 0.717) is 5.16 Å². The van der Waals surface area contributed by atoms with Gasteiger partial charge in [-0.25, -0.2) is 4.31 Å². The van der Waals surface area contributed by atoms with Crippen LogP contribution in [0.2, 0.25) is 0 Å². The van der Waals surface area contributed by atoms with Gasteiger partial charge in [0.2, 0.25) is 17.0 Å². The zero-order chi connectivity index (χ0) is 13.2. The third kappa shape index (κ3) is 2.22. The highest BCUT2D eigenvalue weighted by Crippen LogP contribution is 2.27. The fraction of sp³-hybridized carbons (Fsp3) is 0.182. The first-order valence-electron chi connectivity index (χ1n) is 5.63. The number of hydrogen-bond acceptors (Lipinski definition) is 6. The highest BCUT2D eigenvalue weighted by molar-refractivity contribution is 7.97. The number of hydrogen-bond donors (Lipinski definition) is 0. The Labute approximate surface area is 112 Å². The van der Waals surface area contributed by atoms with E-state index in [1.807, 2.05) is 30.3 Å². The maximum absolute atomic E-state index is 11.6. The molecule has 1 saturated heterocycles. The number of nitrogens with zero attached hydrogens (tertiary/aromatic N) is 5. The number of imide groups is 1. The van der Waals surface area contributed by atoms with Crippen molar-refractivity contribution in [1.29, 1.82) is 0 Å². The van der Waals surface area contributed by atoms with Gasteiger partial charge in [0, 0.05) is 24.8 Å². The van der Waals surface area contributed by atoms with E-state index >= 15 is 0 Å². The zero-order valence-electron chi connectivity index (χ0n) is 9.76. The third-order valence-electron chi connectivity index (χ3n) is 2.62. The van der Waals surface area contributed by atoms with Crippen LogP contribution in [0.5, 0.6) is 0 Å². The molecule has 0 bridgehead atoms. The van der Waals surface area contributed by atoms with Crippen molar-refractivity contribution in [2.24, 2.45) is 0 Å². The maximum Gasteiger partial charge on any atom is 0.240 e. The van der Waals surface area contributed by atoms with Crippen LogP contribution in [0.25, 0.3) is 5.69 Å². The quantitative estimate of drug-likeness (QED) is 0.609. The molecule has 2 amide bonds. The average Bonchev–Trinajstić information content (AvgIpc) is 3.02. The second kappa shape index (κ2) is 4.81. The van der Waals surface area contributed by atoms with Crippen LogP contribution in [0, 0.1) is 0 Å². The summed E-state index contributed by atoms with van der Waals surface area (Å²) in [6.45, 7) is 0. The lowest BCUT2D eigenvalue weighted by atomic mass is 10.3. The summed E-state index contributed by atoms with van der Waals surface area (Å²) in [5, 5.41) is 11.7. The SMILES string of the molecule is O=C1CCC(=O)N1Sc1nnnn1-c1ccccc1. The molecule has 0 N–H and O–H groups in total. The highest BCUT2D eigenvalue weighted by Gasteiger charge is 2.31. The summed E-state index contributed by atoms with van der Waals surface area (Å²) in [4.78, 5) is 23.1. The molecule has 2 aromatic rings. The van der Waals surface area contributed by atoms with E-state index < -0.39 is 0 Å². The average molecular weight is 275 g/mol. The van der Waals surface area contributed by atoms with Gasteiger partial charge in [-0.15, -0.1) is 0 Å². The van der Waals surface area contributed by atoms with Crippen LogP contribution in [-0.2, 0) is 9.59 Å². The van der Waals surface area contributed by atoms with E-state index in [1.165, 1.54) is 4.68 Å². The van der Waals surface area contributed by atoms with Crippen molar-refractivity contribution in [1.82, 2.24) is 24.5 Å². The Morgan fingerprint density at radius 1 is 1.05 bits per heavy atom. The second-order valence-electron chi connectivity index (χ2n) is 3.88. The summed E-state index contributed by atoms with van der Waals surface area (Å²) >= 11 is 0.957. The number of aromatic nitrogens is 4. The number of amides is 2. The van der Waals surface area contributed by atoms with Gasteiger partial charge in [-0.2, -0.15) is 4.68 Å². The third-order valence-corrected chi connectivity index (χ3v) is 3.63. The fourth-order valence-electron chi connectivity index (χ4n) is 1.71. The van der Waals surface area contributed by atoms with Crippen molar-refractivity contribution in [3.63, 3.8) is 0 Å². The molecule has 19 heavy (non-hydrogen) atoms. The largest absolute Gasteiger partial charge is 0.273 e. The molecule has 7 nitrogen and oxygen atoms in total. The molecule has 1 fully saturated rings. The zero-order valence-corrected chi connectivity index (χ0v) is 10.6. The molecule has 1 aromatic heterocycles. The first-order chi connectivity index (χ1) is 9.25. The van der Waals surface area contributed by atoms with E-state index in [9.17, 15) is 9.59 Å². The summed E-state index contributed by atoms with van der Waals surface area (Å²) in [6, 6.07) is 9.28. The van der Waals surface area contributed by atoms with Gasteiger partial charge in [-0.3, -0.25) is 9.59 Å². The Morgan fingerprint density at radius 2 is 1.74 bits per heavy atom. The second-order valence-corrected chi connectivity index (χ2v) is 4.79. The summed E-state index contributed by atoms with van der Waals surface area (Å²) in [5.74, 6) is -0.421. The molecule has 0 unspecified atom stereocenters. The van der Waals surface area contributed by atoms with E-state index in [-0.39, 0.29) is 24.7 Å². The Bertz CT molecular complexity index is 611. The van der Waals surface area contributed by atoms with Crippen LogP contribution >= 0.6 is 11.9 Å². The molecular weight excluding hydrogens is 266 g/mol. The van der Waals surface area contributed by atoms with Crippen LogP contribution in [0.3, 0.4) is 0 Å². The first kappa shape index (κ1) is 11.8. The smallest absolute Gasteiger partial charge is 0.240 e. The summed E-state index contributed by atoms with van der Waals surface area (Å²) in [5.41, 5.74) is 0.772. The minimum absolute atomic E-state index is 0.211. The van der Waals surface area contributed by atoms with Crippen LogP contribution in [0.15, 0.2) is 35.5 Å². The number of carbonyl (C=O) groups is 2. The molecule has 0 atom stereocenters. The van der Waals surface area contributed by atoms with E-state index in [4.69, 9.17) is 0 Å². The Kier molecular flexibility index (Phi) is 3.00. The van der Waals surface area contributed by atoms with E-state index in [1.54, 1.807) is 0 Å². The van der Waals surface area contributed by atoms with E-state index in [2.05, 4.69) is 15.5 Å². The molecule has 2 heterocycles. The predicted molar refractivity (Wildman–Crippen MR) is 66.1 cm³/mol. The number of carbonyl (C=O) groups excluding carboxylic acids is 2. The van der Waals surface area contributed by atoms with Gasteiger partial charge < -0.3 is 0 Å². The molecule has 1 aromatic carbocycles. The monoisotopic (exact) mass is 275 g/mol. The molecule has 1 aliphatic rings. The highest BCUT2D eigenvalue weighted by atomic mass is 32.2. The van der Waals surface area contributed by atoms with Gasteiger partial charge in [0.15, 0.2) is 0 Å². The Morgan fingerprint density at radius 3 is 2.42 bits per heavy atom. The number of rotatable bonds is 3. The molecular formula is C11H9N5O2S. The number of benzene rings is 1. The fourth-order valence-corrected chi connectivity index (χ4v) is 2.55. The molecule has 8 heteroatoms. The number of para-hydroxylation sites is 1. The first-order valence-corrected chi connectivity index (χ1v) is 6.40. The van der Waals surface area contributed by atoms with Gasteiger partial charge in [-0.1, -0.05) is 23.3 Å². The maximum atomic E-state index is 11.6. The normalized spacial score (nSPS) is 15.3. The van der Waals surface area contributed by atoms with Gasteiger partial charge >= 0.3 is 0 Å². The van der Waals surface area contributed by atoms with Gasteiger partial charge in [0.05, 0.1) is 5.69 Å². The van der Waals surface area contributed by atoms with Gasteiger partial charge in [0.25, 0.3) is 0 Å². The van der Waals surface area contributed by atoms with Crippen molar-refractivity contribution in [3.05, 3.63) is 30.3 Å². The lowest BCUT2D eigenvalue weighted by molar-refractivity contribution is -0.131. The lowest BCUT2D eigenvalue weighted by Crippen LogP contribution is -2.22. The van der Waals surface area contributed by atoms with Crippen LogP contribution in [0.1, 0.15) is 12.8 Å². The minimum atomic E-state index is -0.211.